The van der Waals surface area contributed by atoms with Gasteiger partial charge in [0, 0.05) is 19.5 Å². The smallest absolute Gasteiger partial charge is 0.240 e. The van der Waals surface area contributed by atoms with E-state index in [-0.39, 0.29) is 18.4 Å². The number of benzene rings is 2. The second kappa shape index (κ2) is 10.2. The van der Waals surface area contributed by atoms with E-state index >= 15 is 0 Å². The SMILES string of the molecule is COc1ccc(N(CC(=O)NCCc2ccccc2OC)C(C)=O)c(OC)c1. The molecule has 0 saturated heterocycles. The van der Waals surface area contributed by atoms with Crippen LogP contribution in [0, 0.1) is 0 Å². The molecule has 0 heterocycles. The first-order valence-corrected chi connectivity index (χ1v) is 8.88. The van der Waals surface area contributed by atoms with Gasteiger partial charge in [-0.2, -0.15) is 0 Å². The molecular formula is C21H26N2O5. The monoisotopic (exact) mass is 386 g/mol. The van der Waals surface area contributed by atoms with Gasteiger partial charge in [0.15, 0.2) is 0 Å². The van der Waals surface area contributed by atoms with Crippen LogP contribution in [0.4, 0.5) is 5.69 Å². The number of hydrogen-bond donors (Lipinski definition) is 1. The molecule has 0 aromatic heterocycles. The first kappa shape index (κ1) is 21.1. The van der Waals surface area contributed by atoms with Gasteiger partial charge in [-0.25, -0.2) is 0 Å². The predicted octanol–water partition coefficient (Wildman–Crippen LogP) is 2.42. The minimum Gasteiger partial charge on any atom is -0.497 e. The summed E-state index contributed by atoms with van der Waals surface area (Å²) < 4.78 is 15.8. The highest BCUT2D eigenvalue weighted by Gasteiger charge is 2.20. The van der Waals surface area contributed by atoms with Crippen molar-refractivity contribution >= 4 is 17.5 Å². The largest absolute Gasteiger partial charge is 0.497 e. The highest BCUT2D eigenvalue weighted by molar-refractivity contribution is 5.98. The van der Waals surface area contributed by atoms with Gasteiger partial charge in [0.2, 0.25) is 11.8 Å². The third kappa shape index (κ3) is 5.39. The summed E-state index contributed by atoms with van der Waals surface area (Å²) in [5, 5.41) is 2.84. The average Bonchev–Trinajstić information content (AvgIpc) is 2.71. The Morgan fingerprint density at radius 1 is 0.964 bits per heavy atom. The number of para-hydroxylation sites is 1. The van der Waals surface area contributed by atoms with E-state index in [1.54, 1.807) is 32.4 Å². The maximum Gasteiger partial charge on any atom is 0.240 e. The standard InChI is InChI=1S/C21H26N2O5/c1-15(24)23(18-10-9-17(26-2)13-20(18)28-4)14-21(25)22-12-11-16-7-5-6-8-19(16)27-3/h5-10,13H,11-12,14H2,1-4H3,(H,22,25). The quantitative estimate of drug-likeness (QED) is 0.716. The van der Waals surface area contributed by atoms with Crippen molar-refractivity contribution in [2.75, 3.05) is 39.3 Å². The second-order valence-corrected chi connectivity index (χ2v) is 6.05. The molecule has 0 aliphatic carbocycles. The molecule has 0 saturated carbocycles. The van der Waals surface area contributed by atoms with Gasteiger partial charge >= 0.3 is 0 Å². The van der Waals surface area contributed by atoms with Crippen molar-refractivity contribution in [1.29, 1.82) is 0 Å². The average molecular weight is 386 g/mol. The Kier molecular flexibility index (Phi) is 7.68. The first-order valence-electron chi connectivity index (χ1n) is 8.88. The minimum absolute atomic E-state index is 0.107. The number of carbonyl (C=O) groups is 2. The van der Waals surface area contributed by atoms with Crippen LogP contribution in [-0.4, -0.2) is 46.2 Å². The van der Waals surface area contributed by atoms with E-state index in [9.17, 15) is 9.59 Å². The summed E-state index contributed by atoms with van der Waals surface area (Å²) in [7, 11) is 4.67. The van der Waals surface area contributed by atoms with Crippen molar-refractivity contribution in [1.82, 2.24) is 5.32 Å². The summed E-state index contributed by atoms with van der Waals surface area (Å²) in [5.74, 6) is 1.32. The Morgan fingerprint density at radius 2 is 1.68 bits per heavy atom. The van der Waals surface area contributed by atoms with E-state index in [4.69, 9.17) is 14.2 Å². The third-order valence-corrected chi connectivity index (χ3v) is 4.27. The van der Waals surface area contributed by atoms with Gasteiger partial charge < -0.3 is 19.5 Å². The molecular weight excluding hydrogens is 360 g/mol. The molecule has 1 N–H and O–H groups in total. The molecule has 2 rings (SSSR count). The molecule has 0 aliphatic heterocycles. The predicted molar refractivity (Wildman–Crippen MR) is 107 cm³/mol. The van der Waals surface area contributed by atoms with E-state index in [0.717, 1.165) is 11.3 Å². The molecule has 150 valence electrons. The van der Waals surface area contributed by atoms with Crippen LogP contribution in [0.3, 0.4) is 0 Å². The van der Waals surface area contributed by atoms with Crippen LogP contribution >= 0.6 is 0 Å². The molecule has 28 heavy (non-hydrogen) atoms. The lowest BCUT2D eigenvalue weighted by atomic mass is 10.1. The molecule has 0 atom stereocenters. The zero-order chi connectivity index (χ0) is 20.5. The van der Waals surface area contributed by atoms with Crippen LogP contribution < -0.4 is 24.4 Å². The van der Waals surface area contributed by atoms with Gasteiger partial charge in [-0.05, 0) is 30.2 Å². The number of nitrogens with zero attached hydrogens (tertiary/aromatic N) is 1. The van der Waals surface area contributed by atoms with Crippen LogP contribution in [0.25, 0.3) is 0 Å². The fraction of sp³-hybridized carbons (Fsp3) is 0.333. The Hall–Kier alpha value is -3.22. The van der Waals surface area contributed by atoms with Crippen molar-refractivity contribution in [3.63, 3.8) is 0 Å². The molecule has 0 spiro atoms. The summed E-state index contributed by atoms with van der Waals surface area (Å²) in [4.78, 5) is 25.9. The van der Waals surface area contributed by atoms with Crippen molar-refractivity contribution in [3.05, 3.63) is 48.0 Å². The van der Waals surface area contributed by atoms with Crippen molar-refractivity contribution < 1.29 is 23.8 Å². The zero-order valence-corrected chi connectivity index (χ0v) is 16.7. The lowest BCUT2D eigenvalue weighted by molar-refractivity contribution is -0.123. The number of rotatable bonds is 9. The fourth-order valence-electron chi connectivity index (χ4n) is 2.82. The summed E-state index contributed by atoms with van der Waals surface area (Å²) in [5.41, 5.74) is 1.52. The van der Waals surface area contributed by atoms with Gasteiger partial charge in [0.1, 0.15) is 23.8 Å². The van der Waals surface area contributed by atoms with Crippen LogP contribution in [0.15, 0.2) is 42.5 Å². The Morgan fingerprint density at radius 3 is 2.32 bits per heavy atom. The second-order valence-electron chi connectivity index (χ2n) is 6.05. The van der Waals surface area contributed by atoms with Gasteiger partial charge in [-0.1, -0.05) is 18.2 Å². The van der Waals surface area contributed by atoms with Crippen LogP contribution in [0.5, 0.6) is 17.2 Å². The van der Waals surface area contributed by atoms with Crippen molar-refractivity contribution in [3.8, 4) is 17.2 Å². The highest BCUT2D eigenvalue weighted by Crippen LogP contribution is 2.32. The van der Waals surface area contributed by atoms with Gasteiger partial charge in [-0.15, -0.1) is 0 Å². The van der Waals surface area contributed by atoms with E-state index in [1.165, 1.54) is 18.9 Å². The number of hydrogen-bond acceptors (Lipinski definition) is 5. The van der Waals surface area contributed by atoms with Gasteiger partial charge in [0.25, 0.3) is 0 Å². The molecule has 0 unspecified atom stereocenters. The number of amides is 2. The normalized spacial score (nSPS) is 10.1. The van der Waals surface area contributed by atoms with Gasteiger partial charge in [-0.3, -0.25) is 14.5 Å². The fourth-order valence-corrected chi connectivity index (χ4v) is 2.82. The molecule has 0 fully saturated rings. The highest BCUT2D eigenvalue weighted by atomic mass is 16.5. The zero-order valence-electron chi connectivity index (χ0n) is 16.7. The third-order valence-electron chi connectivity index (χ3n) is 4.27. The number of methoxy groups -OCH3 is 3. The molecule has 7 nitrogen and oxygen atoms in total. The number of ether oxygens (including phenoxy) is 3. The maximum absolute atomic E-state index is 12.4. The van der Waals surface area contributed by atoms with Crippen LogP contribution in [0.1, 0.15) is 12.5 Å². The number of anilines is 1. The number of carbonyl (C=O) groups excluding carboxylic acids is 2. The Bertz CT molecular complexity index is 822. The molecule has 7 heteroatoms. The van der Waals surface area contributed by atoms with Crippen molar-refractivity contribution in [2.24, 2.45) is 0 Å². The molecule has 0 bridgehead atoms. The first-order chi connectivity index (χ1) is 13.5. The molecule has 2 amide bonds. The minimum atomic E-state index is -0.261. The Labute approximate surface area is 165 Å². The lowest BCUT2D eigenvalue weighted by Gasteiger charge is -2.23. The molecule has 2 aromatic rings. The molecule has 2 aromatic carbocycles. The van der Waals surface area contributed by atoms with E-state index in [0.29, 0.717) is 30.2 Å². The lowest BCUT2D eigenvalue weighted by Crippen LogP contribution is -2.40. The van der Waals surface area contributed by atoms with E-state index in [2.05, 4.69) is 5.32 Å². The van der Waals surface area contributed by atoms with Crippen LogP contribution in [-0.2, 0) is 16.0 Å². The summed E-state index contributed by atoms with van der Waals surface area (Å²) in [6.07, 6.45) is 0.627. The van der Waals surface area contributed by atoms with E-state index in [1.807, 2.05) is 24.3 Å². The van der Waals surface area contributed by atoms with Crippen LogP contribution in [0.2, 0.25) is 0 Å². The molecule has 0 radical (unpaired) electrons. The molecule has 0 aliphatic rings. The topological polar surface area (TPSA) is 77.1 Å². The summed E-state index contributed by atoms with van der Waals surface area (Å²) in [6.45, 7) is 1.74. The number of nitrogens with one attached hydrogen (secondary N) is 1. The van der Waals surface area contributed by atoms with Crippen molar-refractivity contribution in [2.45, 2.75) is 13.3 Å². The van der Waals surface area contributed by atoms with Gasteiger partial charge in [0.05, 0.1) is 27.0 Å². The summed E-state index contributed by atoms with van der Waals surface area (Å²) in [6, 6.07) is 12.7. The maximum atomic E-state index is 12.4. The van der Waals surface area contributed by atoms with E-state index < -0.39 is 0 Å². The summed E-state index contributed by atoms with van der Waals surface area (Å²) >= 11 is 0. The Balaban J connectivity index is 2.02.